The predicted molar refractivity (Wildman–Crippen MR) is 79.5 cm³/mol. The zero-order chi connectivity index (χ0) is 18.2. The highest BCUT2D eigenvalue weighted by molar-refractivity contribution is 6.34. The molecule has 0 aromatic heterocycles. The van der Waals surface area contributed by atoms with Crippen molar-refractivity contribution in [1.29, 1.82) is 0 Å². The van der Waals surface area contributed by atoms with Gasteiger partial charge in [-0.15, -0.1) is 0 Å². The van der Waals surface area contributed by atoms with E-state index in [9.17, 15) is 26.7 Å². The van der Waals surface area contributed by atoms with Crippen LogP contribution in [0.4, 0.5) is 27.6 Å². The summed E-state index contributed by atoms with van der Waals surface area (Å²) in [6.07, 6.45) is -1.03. The van der Waals surface area contributed by atoms with Gasteiger partial charge in [0.15, 0.2) is 23.3 Å². The molecule has 1 amide bonds. The number of benzene rings is 2. The number of aryl methyl sites for hydroxylation is 2. The Morgan fingerprint density at radius 3 is 1.96 bits per heavy atom. The van der Waals surface area contributed by atoms with E-state index in [1.807, 2.05) is 0 Å². The Kier molecular flexibility index (Phi) is 5.13. The third-order valence-electron chi connectivity index (χ3n) is 3.33. The number of anilines is 1. The minimum Gasteiger partial charge on any atom is -0.324 e. The Morgan fingerprint density at radius 1 is 0.958 bits per heavy atom. The minimum absolute atomic E-state index is 0.193. The summed E-state index contributed by atoms with van der Waals surface area (Å²) in [6.45, 7) is 3.42. The van der Waals surface area contributed by atoms with Crippen LogP contribution in [0.5, 0.6) is 0 Å². The van der Waals surface area contributed by atoms with E-state index in [0.29, 0.717) is 5.56 Å². The number of amides is 1. The summed E-state index contributed by atoms with van der Waals surface area (Å²) < 4.78 is 66.4. The van der Waals surface area contributed by atoms with Gasteiger partial charge in [-0.1, -0.05) is 17.7 Å². The lowest BCUT2D eigenvalue weighted by atomic mass is 10.1. The molecule has 0 aliphatic rings. The Labute approximate surface area is 139 Å². The van der Waals surface area contributed by atoms with Gasteiger partial charge in [0.1, 0.15) is 0 Å². The average Bonchev–Trinajstić information content (AvgIpc) is 2.51. The molecule has 0 radical (unpaired) electrons. The second kappa shape index (κ2) is 6.76. The highest BCUT2D eigenvalue weighted by atomic mass is 35.5. The van der Waals surface area contributed by atoms with Crippen molar-refractivity contribution in [3.05, 3.63) is 62.9 Å². The number of carbonyl (C=O) groups excluding carboxylic acids is 1. The lowest BCUT2D eigenvalue weighted by Gasteiger charge is -2.12. The third-order valence-corrected chi connectivity index (χ3v) is 3.63. The van der Waals surface area contributed by atoms with Gasteiger partial charge in [0.05, 0.1) is 17.1 Å². The van der Waals surface area contributed by atoms with Crippen molar-refractivity contribution in [1.82, 2.24) is 0 Å². The number of halogens is 6. The summed E-state index contributed by atoms with van der Waals surface area (Å²) in [4.78, 5) is 11.9. The van der Waals surface area contributed by atoms with Crippen LogP contribution in [0.2, 0.25) is 5.02 Å². The quantitative estimate of drug-likeness (QED) is 0.472. The Hall–Kier alpha value is -2.15. The summed E-state index contributed by atoms with van der Waals surface area (Å²) in [5, 5.41) is 2.51. The first-order valence-electron chi connectivity index (χ1n) is 6.70. The smallest absolute Gasteiger partial charge is 0.229 e. The Balaban J connectivity index is 2.32. The molecule has 0 saturated carbocycles. The van der Waals surface area contributed by atoms with Crippen molar-refractivity contribution in [3.8, 4) is 0 Å². The molecule has 128 valence electrons. The van der Waals surface area contributed by atoms with Gasteiger partial charge in [0.25, 0.3) is 0 Å². The monoisotopic (exact) mass is 363 g/mol. The predicted octanol–water partition coefficient (Wildman–Crippen LogP) is 4.83. The number of nitrogens with one attached hydrogen (secondary N) is 1. The van der Waals surface area contributed by atoms with Gasteiger partial charge in [0, 0.05) is 5.56 Å². The molecule has 0 unspecified atom stereocenters. The number of carbonyl (C=O) groups is 1. The van der Waals surface area contributed by atoms with E-state index in [4.69, 9.17) is 11.6 Å². The van der Waals surface area contributed by atoms with Gasteiger partial charge in [0.2, 0.25) is 11.7 Å². The maximum absolute atomic E-state index is 13.6. The first-order chi connectivity index (χ1) is 11.1. The molecule has 2 nitrogen and oxygen atoms in total. The lowest BCUT2D eigenvalue weighted by molar-refractivity contribution is -0.115. The van der Waals surface area contributed by atoms with Gasteiger partial charge in [-0.3, -0.25) is 4.79 Å². The second-order valence-corrected chi connectivity index (χ2v) is 5.62. The summed E-state index contributed by atoms with van der Waals surface area (Å²) in [6, 6.07) is 3.27. The second-order valence-electron chi connectivity index (χ2n) is 5.21. The molecule has 0 aliphatic carbocycles. The summed E-state index contributed by atoms with van der Waals surface area (Å²) in [5.41, 5.74) is 0.418. The van der Waals surface area contributed by atoms with Crippen LogP contribution in [-0.2, 0) is 11.2 Å². The molecule has 0 saturated heterocycles. The normalized spacial score (nSPS) is 10.8. The maximum Gasteiger partial charge on any atom is 0.229 e. The number of hydrogen-bond donors (Lipinski definition) is 1. The highest BCUT2D eigenvalue weighted by Crippen LogP contribution is 2.28. The lowest BCUT2D eigenvalue weighted by Crippen LogP contribution is -2.19. The van der Waals surface area contributed by atoms with Crippen molar-refractivity contribution in [3.63, 3.8) is 0 Å². The van der Waals surface area contributed by atoms with Crippen molar-refractivity contribution in [2.75, 3.05) is 5.32 Å². The molecule has 1 N–H and O–H groups in total. The van der Waals surface area contributed by atoms with E-state index in [1.165, 1.54) is 0 Å². The molecule has 2 aromatic carbocycles. The fourth-order valence-corrected chi connectivity index (χ4v) is 2.59. The average molecular weight is 364 g/mol. The molecule has 0 fully saturated rings. The van der Waals surface area contributed by atoms with Crippen molar-refractivity contribution in [2.24, 2.45) is 0 Å². The Bertz CT molecular complexity index is 786. The maximum atomic E-state index is 13.6. The fourth-order valence-electron chi connectivity index (χ4n) is 2.22. The van der Waals surface area contributed by atoms with E-state index in [-0.39, 0.29) is 10.7 Å². The Morgan fingerprint density at radius 2 is 1.46 bits per heavy atom. The molecule has 0 heterocycles. The number of rotatable bonds is 3. The SMILES string of the molecule is Cc1cc(C)c(NC(=O)Cc2c(F)c(F)c(F)c(F)c2F)c(Cl)c1. The molecule has 0 atom stereocenters. The van der Waals surface area contributed by atoms with Crippen LogP contribution >= 0.6 is 11.6 Å². The van der Waals surface area contributed by atoms with Crippen LogP contribution in [0, 0.1) is 42.9 Å². The van der Waals surface area contributed by atoms with Crippen molar-refractivity contribution >= 4 is 23.2 Å². The van der Waals surface area contributed by atoms with E-state index in [2.05, 4.69) is 5.32 Å². The molecule has 0 aliphatic heterocycles. The standard InChI is InChI=1S/C16H11ClF5NO/c1-6-3-7(2)16(9(17)4-6)23-10(24)5-8-11(18)13(20)15(22)14(21)12(8)19/h3-4H,5H2,1-2H3,(H,23,24). The van der Waals surface area contributed by atoms with E-state index < -0.39 is 47.0 Å². The van der Waals surface area contributed by atoms with E-state index >= 15 is 0 Å². The van der Waals surface area contributed by atoms with Crippen LogP contribution in [-0.4, -0.2) is 5.91 Å². The largest absolute Gasteiger partial charge is 0.324 e. The summed E-state index contributed by atoms with van der Waals surface area (Å²) >= 11 is 5.98. The third kappa shape index (κ3) is 3.36. The summed E-state index contributed by atoms with van der Waals surface area (Å²) in [7, 11) is 0. The first-order valence-corrected chi connectivity index (χ1v) is 7.08. The summed E-state index contributed by atoms with van der Waals surface area (Å²) in [5.74, 6) is -11.5. The van der Waals surface area contributed by atoms with E-state index in [1.54, 1.807) is 26.0 Å². The van der Waals surface area contributed by atoms with Gasteiger partial charge in [-0.2, -0.15) is 0 Å². The van der Waals surface area contributed by atoms with Gasteiger partial charge < -0.3 is 5.32 Å². The van der Waals surface area contributed by atoms with Crippen LogP contribution in [0.15, 0.2) is 12.1 Å². The zero-order valence-corrected chi connectivity index (χ0v) is 13.3. The molecular weight excluding hydrogens is 353 g/mol. The van der Waals surface area contributed by atoms with Gasteiger partial charge in [-0.05, 0) is 31.0 Å². The first kappa shape index (κ1) is 18.2. The fraction of sp³-hybridized carbons (Fsp3) is 0.188. The topological polar surface area (TPSA) is 29.1 Å². The van der Waals surface area contributed by atoms with Crippen molar-refractivity contribution in [2.45, 2.75) is 20.3 Å². The molecular formula is C16H11ClF5NO. The molecule has 0 bridgehead atoms. The van der Waals surface area contributed by atoms with Crippen LogP contribution in [0.25, 0.3) is 0 Å². The molecule has 24 heavy (non-hydrogen) atoms. The van der Waals surface area contributed by atoms with Crippen LogP contribution in [0.3, 0.4) is 0 Å². The minimum atomic E-state index is -2.27. The number of hydrogen-bond acceptors (Lipinski definition) is 1. The van der Waals surface area contributed by atoms with Crippen molar-refractivity contribution < 1.29 is 26.7 Å². The highest BCUT2D eigenvalue weighted by Gasteiger charge is 2.27. The van der Waals surface area contributed by atoms with Crippen LogP contribution < -0.4 is 5.32 Å². The molecule has 2 aromatic rings. The zero-order valence-electron chi connectivity index (χ0n) is 12.5. The van der Waals surface area contributed by atoms with Gasteiger partial charge in [-0.25, -0.2) is 22.0 Å². The molecule has 0 spiro atoms. The van der Waals surface area contributed by atoms with E-state index in [0.717, 1.165) is 5.56 Å². The molecule has 8 heteroatoms. The van der Waals surface area contributed by atoms with Gasteiger partial charge >= 0.3 is 0 Å². The van der Waals surface area contributed by atoms with Crippen LogP contribution in [0.1, 0.15) is 16.7 Å². The molecule has 2 rings (SSSR count).